The Kier molecular flexibility index (Phi) is 2.83. The van der Waals surface area contributed by atoms with Gasteiger partial charge in [-0.25, -0.2) is 9.78 Å². The molecule has 1 amide bonds. The van der Waals surface area contributed by atoms with Gasteiger partial charge in [-0.15, -0.1) is 0 Å². The Morgan fingerprint density at radius 3 is 2.84 bits per heavy atom. The Morgan fingerprint density at radius 1 is 1.47 bits per heavy atom. The number of furan rings is 1. The molecule has 0 aromatic carbocycles. The fourth-order valence-corrected chi connectivity index (χ4v) is 2.72. The van der Waals surface area contributed by atoms with Gasteiger partial charge in [-0.2, -0.15) is 0 Å². The zero-order valence-corrected chi connectivity index (χ0v) is 10.6. The summed E-state index contributed by atoms with van der Waals surface area (Å²) >= 11 is 1.05. The first-order chi connectivity index (χ1) is 9.15. The fraction of sp³-hybridized carbons (Fsp3) is 0.250. The molecule has 98 valence electrons. The molecular weight excluding hydrogens is 268 g/mol. The topological polar surface area (TPSA) is 92.4 Å². The summed E-state index contributed by atoms with van der Waals surface area (Å²) in [6, 6.07) is 3.40. The summed E-state index contributed by atoms with van der Waals surface area (Å²) in [7, 11) is 0. The maximum absolute atomic E-state index is 12.2. The molecule has 0 saturated heterocycles. The molecule has 0 atom stereocenters. The summed E-state index contributed by atoms with van der Waals surface area (Å²) in [6.07, 6.45) is 2.06. The number of carbonyl (C=O) groups is 2. The van der Waals surface area contributed by atoms with Crippen molar-refractivity contribution in [1.29, 1.82) is 0 Å². The Balaban J connectivity index is 2.01. The third kappa shape index (κ3) is 2.37. The number of rotatable bonds is 4. The first-order valence-electron chi connectivity index (χ1n) is 5.74. The van der Waals surface area contributed by atoms with Gasteiger partial charge in [0.25, 0.3) is 0 Å². The van der Waals surface area contributed by atoms with Gasteiger partial charge in [0.1, 0.15) is 10.6 Å². The third-order valence-electron chi connectivity index (χ3n) is 2.77. The highest BCUT2D eigenvalue weighted by atomic mass is 32.1. The quantitative estimate of drug-likeness (QED) is 0.838. The molecule has 1 aliphatic rings. The number of amides is 1. The minimum atomic E-state index is -1.20. The van der Waals surface area contributed by atoms with Crippen molar-refractivity contribution in [2.75, 3.05) is 5.32 Å². The number of Topliss-reactive ketones (excluding diaryl/α,β-unsaturated/α-hetero) is 1. The van der Waals surface area contributed by atoms with Crippen LogP contribution < -0.4 is 5.32 Å². The number of hydrogen-bond donors (Lipinski definition) is 2. The van der Waals surface area contributed by atoms with E-state index in [1.54, 1.807) is 12.1 Å². The summed E-state index contributed by atoms with van der Waals surface area (Å²) in [6.45, 7) is 0. The van der Waals surface area contributed by atoms with Crippen LogP contribution in [-0.4, -0.2) is 22.0 Å². The lowest BCUT2D eigenvalue weighted by atomic mass is 10.2. The fourth-order valence-electron chi connectivity index (χ4n) is 1.74. The van der Waals surface area contributed by atoms with Gasteiger partial charge in [0.15, 0.2) is 16.7 Å². The highest BCUT2D eigenvalue weighted by Crippen LogP contribution is 2.39. The summed E-state index contributed by atoms with van der Waals surface area (Å²) in [5.41, 5.74) is 0.413. The van der Waals surface area contributed by atoms with Gasteiger partial charge in [0, 0.05) is 5.92 Å². The van der Waals surface area contributed by atoms with E-state index in [2.05, 4.69) is 10.3 Å². The van der Waals surface area contributed by atoms with E-state index < -0.39 is 6.09 Å². The number of nitrogens with one attached hydrogen (secondary N) is 1. The predicted molar refractivity (Wildman–Crippen MR) is 68.5 cm³/mol. The van der Waals surface area contributed by atoms with E-state index in [-0.39, 0.29) is 16.8 Å². The molecule has 0 bridgehead atoms. The number of anilines is 1. The van der Waals surface area contributed by atoms with E-state index in [0.717, 1.165) is 24.2 Å². The molecule has 0 unspecified atom stereocenters. The lowest BCUT2D eigenvalue weighted by Crippen LogP contribution is -2.06. The second-order valence-corrected chi connectivity index (χ2v) is 5.24. The van der Waals surface area contributed by atoms with E-state index >= 15 is 0 Å². The number of ketones is 1. The van der Waals surface area contributed by atoms with E-state index in [1.807, 2.05) is 0 Å². The molecule has 0 aliphatic heterocycles. The molecule has 0 radical (unpaired) electrons. The molecule has 2 N–H and O–H groups in total. The number of carboxylic acid groups (broad SMARTS) is 1. The standard InChI is InChI=1S/C12H10N2O4S/c15-9(6-3-4-6)10-8(7-2-1-5-18-7)13-11(19-10)14-12(16)17/h1-2,5-6H,3-4H2,(H,13,14)(H,16,17). The van der Waals surface area contributed by atoms with Crippen molar-refractivity contribution >= 4 is 28.3 Å². The van der Waals surface area contributed by atoms with Gasteiger partial charge < -0.3 is 9.52 Å². The molecule has 19 heavy (non-hydrogen) atoms. The zero-order valence-electron chi connectivity index (χ0n) is 9.75. The zero-order chi connectivity index (χ0) is 13.4. The normalized spacial score (nSPS) is 14.3. The van der Waals surface area contributed by atoms with Crippen molar-refractivity contribution in [1.82, 2.24) is 4.98 Å². The molecule has 2 heterocycles. The van der Waals surface area contributed by atoms with Gasteiger partial charge in [-0.1, -0.05) is 11.3 Å². The number of carbonyl (C=O) groups excluding carboxylic acids is 1. The van der Waals surface area contributed by atoms with Gasteiger partial charge in [-0.3, -0.25) is 10.1 Å². The molecule has 1 aliphatic carbocycles. The average Bonchev–Trinajstić information content (AvgIpc) is 2.90. The highest BCUT2D eigenvalue weighted by Gasteiger charge is 2.34. The molecule has 3 rings (SSSR count). The number of aromatic nitrogens is 1. The van der Waals surface area contributed by atoms with Crippen LogP contribution in [0.15, 0.2) is 22.8 Å². The van der Waals surface area contributed by atoms with E-state index in [4.69, 9.17) is 9.52 Å². The predicted octanol–water partition coefficient (Wildman–Crippen LogP) is 3.09. The molecular formula is C12H10N2O4S. The molecule has 2 aromatic rings. The molecule has 1 fully saturated rings. The van der Waals surface area contributed by atoms with Gasteiger partial charge in [0.05, 0.1) is 6.26 Å². The smallest absolute Gasteiger partial charge is 0.410 e. The Morgan fingerprint density at radius 2 is 2.26 bits per heavy atom. The van der Waals surface area contributed by atoms with Crippen molar-refractivity contribution in [3.8, 4) is 11.5 Å². The second kappa shape index (κ2) is 4.51. The molecule has 7 heteroatoms. The van der Waals surface area contributed by atoms with Gasteiger partial charge in [0.2, 0.25) is 0 Å². The van der Waals surface area contributed by atoms with Crippen molar-refractivity contribution in [2.45, 2.75) is 12.8 Å². The van der Waals surface area contributed by atoms with Crippen LogP contribution in [0.5, 0.6) is 0 Å². The van der Waals surface area contributed by atoms with Crippen LogP contribution in [0, 0.1) is 5.92 Å². The number of hydrogen-bond acceptors (Lipinski definition) is 5. The van der Waals surface area contributed by atoms with Crippen LogP contribution >= 0.6 is 11.3 Å². The SMILES string of the molecule is O=C(O)Nc1nc(-c2ccco2)c(C(=O)C2CC2)s1. The van der Waals surface area contributed by atoms with E-state index in [0.29, 0.717) is 16.3 Å². The lowest BCUT2D eigenvalue weighted by molar-refractivity contribution is 0.0972. The van der Waals surface area contributed by atoms with E-state index in [9.17, 15) is 9.59 Å². The summed E-state index contributed by atoms with van der Waals surface area (Å²) in [4.78, 5) is 27.4. The molecule has 0 spiro atoms. The molecule has 1 saturated carbocycles. The Bertz CT molecular complexity index is 628. The minimum absolute atomic E-state index is 0.0161. The van der Waals surface area contributed by atoms with Crippen molar-refractivity contribution in [2.24, 2.45) is 5.92 Å². The second-order valence-electron chi connectivity index (χ2n) is 4.24. The van der Waals surface area contributed by atoms with Crippen molar-refractivity contribution < 1.29 is 19.1 Å². The maximum Gasteiger partial charge on any atom is 0.410 e. The van der Waals surface area contributed by atoms with Gasteiger partial charge >= 0.3 is 6.09 Å². The maximum atomic E-state index is 12.2. The minimum Gasteiger partial charge on any atom is -0.465 e. The number of thiazole rings is 1. The summed E-state index contributed by atoms with van der Waals surface area (Å²) in [5.74, 6) is 0.535. The largest absolute Gasteiger partial charge is 0.465 e. The van der Waals surface area contributed by atoms with Crippen LogP contribution in [0.4, 0.5) is 9.93 Å². The monoisotopic (exact) mass is 278 g/mol. The van der Waals surface area contributed by atoms with Crippen LogP contribution in [0.1, 0.15) is 22.5 Å². The van der Waals surface area contributed by atoms with Crippen LogP contribution in [-0.2, 0) is 0 Å². The average molecular weight is 278 g/mol. The Labute approximate surface area is 112 Å². The van der Waals surface area contributed by atoms with Crippen molar-refractivity contribution in [3.05, 3.63) is 23.3 Å². The van der Waals surface area contributed by atoms with E-state index in [1.165, 1.54) is 6.26 Å². The first-order valence-corrected chi connectivity index (χ1v) is 6.55. The lowest BCUT2D eigenvalue weighted by Gasteiger charge is -1.96. The van der Waals surface area contributed by atoms with Gasteiger partial charge in [-0.05, 0) is 25.0 Å². The van der Waals surface area contributed by atoms with Crippen LogP contribution in [0.25, 0.3) is 11.5 Å². The molecule has 6 nitrogen and oxygen atoms in total. The summed E-state index contributed by atoms with van der Waals surface area (Å²) < 4.78 is 5.25. The third-order valence-corrected chi connectivity index (χ3v) is 3.75. The molecule has 2 aromatic heterocycles. The Hall–Kier alpha value is -2.15. The van der Waals surface area contributed by atoms with Crippen LogP contribution in [0.2, 0.25) is 0 Å². The number of nitrogens with zero attached hydrogens (tertiary/aromatic N) is 1. The summed E-state index contributed by atoms with van der Waals surface area (Å²) in [5, 5.41) is 11.1. The van der Waals surface area contributed by atoms with Crippen LogP contribution in [0.3, 0.4) is 0 Å². The highest BCUT2D eigenvalue weighted by molar-refractivity contribution is 7.18. The first kappa shape index (κ1) is 11.9. The van der Waals surface area contributed by atoms with Crippen molar-refractivity contribution in [3.63, 3.8) is 0 Å².